The Morgan fingerprint density at radius 3 is 1.93 bits per heavy atom. The first kappa shape index (κ1) is 34.3. The summed E-state index contributed by atoms with van der Waals surface area (Å²) in [6, 6.07) is 0. The molecular weight excluding hydrogens is 439 g/mol. The van der Waals surface area contributed by atoms with Gasteiger partial charge in [-0.05, 0) is 39.5 Å². The first-order valence-corrected chi connectivity index (χ1v) is 12.5. The smallest absolute Gasteiger partial charge is 0.748 e. The van der Waals surface area contributed by atoms with Crippen LogP contribution in [0.15, 0.2) is 0 Å². The van der Waals surface area contributed by atoms with Gasteiger partial charge < -0.3 is 23.9 Å². The third kappa shape index (κ3) is 33.5. The van der Waals surface area contributed by atoms with Gasteiger partial charge in [-0.1, -0.05) is 0 Å². The molecule has 1 saturated heterocycles. The van der Waals surface area contributed by atoms with Crippen molar-refractivity contribution in [3.8, 4) is 0 Å². The van der Waals surface area contributed by atoms with Crippen LogP contribution in [0.2, 0.25) is 0 Å². The molecule has 1 rings (SSSR count). The SMILES string of the molecule is CCOCCO.CCOCCOCCCCS(=O)(=O)[O-].O=S1(=O)CCCCO1.[Na+]. The van der Waals surface area contributed by atoms with Crippen molar-refractivity contribution >= 4 is 20.2 Å². The largest absolute Gasteiger partial charge is 1.00 e. The maximum Gasteiger partial charge on any atom is 1.00 e. The van der Waals surface area contributed by atoms with Gasteiger partial charge in [0, 0.05) is 25.6 Å². The molecule has 1 heterocycles. The zero-order chi connectivity index (χ0) is 21.7. The second-order valence-electron chi connectivity index (χ2n) is 5.49. The summed E-state index contributed by atoms with van der Waals surface area (Å²) < 4.78 is 70.7. The number of hydrogen-bond acceptors (Lipinski definition) is 10. The Kier molecular flexibility index (Phi) is 27.6. The Bertz CT molecular complexity index is 510. The topological polar surface area (TPSA) is 148 Å². The molecule has 0 aromatic carbocycles. The van der Waals surface area contributed by atoms with E-state index in [1.165, 1.54) is 0 Å². The van der Waals surface area contributed by atoms with Crippen molar-refractivity contribution in [1.82, 2.24) is 0 Å². The van der Waals surface area contributed by atoms with E-state index in [2.05, 4.69) is 4.18 Å². The summed E-state index contributed by atoms with van der Waals surface area (Å²) in [5.74, 6) is -0.102. The zero-order valence-corrected chi connectivity index (χ0v) is 21.5. The van der Waals surface area contributed by atoms with Crippen molar-refractivity contribution in [2.24, 2.45) is 0 Å². The van der Waals surface area contributed by atoms with Crippen LogP contribution in [-0.4, -0.2) is 90.9 Å². The maximum absolute atomic E-state index is 10.4. The quantitative estimate of drug-likeness (QED) is 0.139. The van der Waals surface area contributed by atoms with Crippen LogP contribution in [0.3, 0.4) is 0 Å². The number of hydrogen-bond donors (Lipinski definition) is 1. The predicted octanol–water partition coefficient (Wildman–Crippen LogP) is -2.49. The van der Waals surface area contributed by atoms with E-state index in [4.69, 9.17) is 19.3 Å². The van der Waals surface area contributed by atoms with Gasteiger partial charge in [-0.2, -0.15) is 8.42 Å². The van der Waals surface area contributed by atoms with Gasteiger partial charge in [0.1, 0.15) is 0 Å². The second kappa shape index (κ2) is 23.3. The summed E-state index contributed by atoms with van der Waals surface area (Å²) in [4.78, 5) is 0. The molecule has 0 aliphatic carbocycles. The van der Waals surface area contributed by atoms with Gasteiger partial charge in [-0.25, -0.2) is 8.42 Å². The van der Waals surface area contributed by atoms with Crippen LogP contribution in [0.5, 0.6) is 0 Å². The Labute approximate surface area is 197 Å². The van der Waals surface area contributed by atoms with Crippen molar-refractivity contribution < 1.29 is 74.4 Å². The van der Waals surface area contributed by atoms with Crippen LogP contribution in [0, 0.1) is 0 Å². The molecule has 1 aliphatic heterocycles. The monoisotopic (exact) mass is 474 g/mol. The van der Waals surface area contributed by atoms with Crippen molar-refractivity contribution in [3.63, 3.8) is 0 Å². The van der Waals surface area contributed by atoms with Gasteiger partial charge in [0.25, 0.3) is 10.1 Å². The third-order valence-corrected chi connectivity index (χ3v) is 5.10. The van der Waals surface area contributed by atoms with Crippen molar-refractivity contribution in [2.75, 3.05) is 64.4 Å². The number of aliphatic hydroxyl groups excluding tert-OH is 1. The van der Waals surface area contributed by atoms with Gasteiger partial charge in [0.15, 0.2) is 0 Å². The molecule has 0 saturated carbocycles. The molecule has 10 nitrogen and oxygen atoms in total. The molecule has 0 aromatic rings. The summed E-state index contributed by atoms with van der Waals surface area (Å²) in [5, 5.41) is 8.07. The van der Waals surface area contributed by atoms with E-state index in [1.54, 1.807) is 0 Å². The number of rotatable bonds is 12. The van der Waals surface area contributed by atoms with Gasteiger partial charge >= 0.3 is 29.6 Å². The number of unbranched alkanes of at least 4 members (excludes halogenated alkanes) is 1. The Hall–Kier alpha value is 0.660. The molecule has 1 fully saturated rings. The van der Waals surface area contributed by atoms with E-state index in [1.807, 2.05) is 13.8 Å². The molecule has 0 radical (unpaired) electrons. The molecule has 0 atom stereocenters. The molecule has 1 N–H and O–H groups in total. The zero-order valence-electron chi connectivity index (χ0n) is 17.8. The van der Waals surface area contributed by atoms with Gasteiger partial charge in [-0.3, -0.25) is 4.18 Å². The molecule has 0 unspecified atom stereocenters. The van der Waals surface area contributed by atoms with E-state index in [9.17, 15) is 21.4 Å². The summed E-state index contributed by atoms with van der Waals surface area (Å²) in [5.41, 5.74) is 0. The second-order valence-corrected chi connectivity index (χ2v) is 8.77. The van der Waals surface area contributed by atoms with E-state index < -0.39 is 20.2 Å². The summed E-state index contributed by atoms with van der Waals surface area (Å²) >= 11 is 0. The van der Waals surface area contributed by atoms with E-state index >= 15 is 0 Å². The molecule has 29 heavy (non-hydrogen) atoms. The average molecular weight is 475 g/mol. The minimum absolute atomic E-state index is 0. The van der Waals surface area contributed by atoms with Gasteiger partial charge in [0.05, 0.1) is 48.9 Å². The van der Waals surface area contributed by atoms with Gasteiger partial charge in [-0.15, -0.1) is 0 Å². The summed E-state index contributed by atoms with van der Waals surface area (Å²) in [7, 11) is -7.14. The molecule has 1 aliphatic rings. The van der Waals surface area contributed by atoms with E-state index in [-0.39, 0.29) is 47.7 Å². The van der Waals surface area contributed by atoms with Crippen molar-refractivity contribution in [1.29, 1.82) is 0 Å². The first-order chi connectivity index (χ1) is 13.2. The Morgan fingerprint density at radius 2 is 1.55 bits per heavy atom. The molecule has 13 heteroatoms. The minimum atomic E-state index is -4.06. The van der Waals surface area contributed by atoms with Crippen LogP contribution >= 0.6 is 0 Å². The minimum Gasteiger partial charge on any atom is -0.748 e. The average Bonchev–Trinajstić information content (AvgIpc) is 2.62. The fourth-order valence-corrected chi connectivity index (χ4v) is 3.29. The number of aliphatic hydroxyl groups is 1. The number of ether oxygens (including phenoxy) is 3. The molecule has 0 amide bonds. The maximum atomic E-state index is 10.4. The predicted molar refractivity (Wildman–Crippen MR) is 104 cm³/mol. The van der Waals surface area contributed by atoms with Crippen LogP contribution < -0.4 is 29.6 Å². The fourth-order valence-electron chi connectivity index (χ4n) is 1.68. The van der Waals surface area contributed by atoms with E-state index in [0.29, 0.717) is 59.1 Å². The van der Waals surface area contributed by atoms with Gasteiger partial charge in [0.2, 0.25) is 0 Å². The van der Waals surface area contributed by atoms with Crippen molar-refractivity contribution in [3.05, 3.63) is 0 Å². The van der Waals surface area contributed by atoms with Crippen LogP contribution in [0.4, 0.5) is 0 Å². The summed E-state index contributed by atoms with van der Waals surface area (Å²) in [6.07, 6.45) is 2.58. The Balaban J connectivity index is -0.000000381. The molecule has 0 aromatic heterocycles. The molecule has 0 spiro atoms. The fraction of sp³-hybridized carbons (Fsp3) is 1.00. The first-order valence-electron chi connectivity index (χ1n) is 9.33. The normalized spacial score (nSPS) is 15.2. The molecule has 172 valence electrons. The molecule has 0 bridgehead atoms. The molecular formula is C16H35NaO10S2. The standard InChI is InChI=1S/C8H18O5S.C4H8O3S.C4H10O2.Na/c1-2-12-6-7-13-5-3-4-8-14(9,10)11;5-8(6)4-2-1-3-7-8;1-2-6-4-3-5;/h2-8H2,1H3,(H,9,10,11);1-4H2;5H,2-4H2,1H3;/q;;;+1/p-1. The van der Waals surface area contributed by atoms with Crippen molar-refractivity contribution in [2.45, 2.75) is 39.5 Å². The van der Waals surface area contributed by atoms with E-state index in [0.717, 1.165) is 12.8 Å². The third-order valence-electron chi connectivity index (χ3n) is 3.00. The van der Waals surface area contributed by atoms with Crippen LogP contribution in [0.1, 0.15) is 39.5 Å². The van der Waals surface area contributed by atoms with Crippen LogP contribution in [0.25, 0.3) is 0 Å². The Morgan fingerprint density at radius 1 is 0.966 bits per heavy atom. The van der Waals surface area contributed by atoms with Crippen LogP contribution in [-0.2, 0) is 38.6 Å². The summed E-state index contributed by atoms with van der Waals surface area (Å²) in [6.45, 7) is 7.68.